The molecule has 1 N–H and O–H groups in total. The normalized spacial score (nSPS) is 10.2. The van der Waals surface area contributed by atoms with Crippen molar-refractivity contribution < 1.29 is 14.0 Å². The van der Waals surface area contributed by atoms with E-state index >= 15 is 0 Å². The van der Waals surface area contributed by atoms with Crippen molar-refractivity contribution >= 4 is 29.1 Å². The molecule has 2 amide bonds. The van der Waals surface area contributed by atoms with Gasteiger partial charge >= 0.3 is 0 Å². The van der Waals surface area contributed by atoms with Crippen LogP contribution in [0.15, 0.2) is 48.5 Å². The lowest BCUT2D eigenvalue weighted by Gasteiger charge is -2.21. The monoisotopic (exact) mass is 334 g/mol. The highest BCUT2D eigenvalue weighted by Crippen LogP contribution is 2.17. The predicted octanol–water partition coefficient (Wildman–Crippen LogP) is 3.26. The van der Waals surface area contributed by atoms with Crippen LogP contribution >= 0.6 is 11.6 Å². The minimum absolute atomic E-state index is 0.0200. The summed E-state index contributed by atoms with van der Waals surface area (Å²) in [4.78, 5) is 25.2. The lowest BCUT2D eigenvalue weighted by molar-refractivity contribution is -0.116. The Morgan fingerprint density at radius 1 is 1.13 bits per heavy atom. The first kappa shape index (κ1) is 17.0. The first-order valence-electron chi connectivity index (χ1n) is 7.05. The molecule has 0 aromatic heterocycles. The van der Waals surface area contributed by atoms with Crippen molar-refractivity contribution in [1.82, 2.24) is 5.32 Å². The van der Waals surface area contributed by atoms with Crippen molar-refractivity contribution in [3.05, 3.63) is 64.9 Å². The van der Waals surface area contributed by atoms with Crippen LogP contribution in [0, 0.1) is 5.82 Å². The van der Waals surface area contributed by atoms with Gasteiger partial charge in [-0.1, -0.05) is 23.7 Å². The number of hydrogen-bond acceptors (Lipinski definition) is 2. The number of halogens is 2. The summed E-state index contributed by atoms with van der Waals surface area (Å²) < 4.78 is 13.5. The summed E-state index contributed by atoms with van der Waals surface area (Å²) in [6.07, 6.45) is 0. The molecule has 0 saturated carbocycles. The molecule has 0 bridgehead atoms. The van der Waals surface area contributed by atoms with Crippen LogP contribution in [0.1, 0.15) is 17.3 Å². The molecule has 23 heavy (non-hydrogen) atoms. The molecule has 0 spiro atoms. The Morgan fingerprint density at radius 3 is 2.39 bits per heavy atom. The van der Waals surface area contributed by atoms with E-state index in [-0.39, 0.29) is 24.6 Å². The fraction of sp³-hybridized carbons (Fsp3) is 0.176. The number of nitrogens with zero attached hydrogens (tertiary/aromatic N) is 1. The number of benzene rings is 2. The second-order valence-electron chi connectivity index (χ2n) is 4.88. The van der Waals surface area contributed by atoms with Crippen molar-refractivity contribution in [3.63, 3.8) is 0 Å². The Labute approximate surface area is 138 Å². The highest BCUT2D eigenvalue weighted by atomic mass is 35.5. The van der Waals surface area contributed by atoms with Gasteiger partial charge in [-0.25, -0.2) is 4.39 Å². The average Bonchev–Trinajstić information content (AvgIpc) is 2.52. The molecule has 0 fully saturated rings. The standard InChI is InChI=1S/C17H16ClFN2O2/c1-12(22)21(14-8-6-13(18)7-9-14)11-10-20-17(23)15-4-2-3-5-16(15)19/h2-9H,10-11H2,1H3,(H,20,23). The van der Waals surface area contributed by atoms with Crippen LogP contribution in [-0.2, 0) is 4.79 Å². The Kier molecular flexibility index (Phi) is 5.71. The Balaban J connectivity index is 1.97. The van der Waals surface area contributed by atoms with Gasteiger partial charge in [0.2, 0.25) is 5.91 Å². The zero-order valence-corrected chi connectivity index (χ0v) is 13.3. The van der Waals surface area contributed by atoms with Crippen molar-refractivity contribution in [2.45, 2.75) is 6.92 Å². The van der Waals surface area contributed by atoms with Gasteiger partial charge in [-0.05, 0) is 36.4 Å². The SMILES string of the molecule is CC(=O)N(CCNC(=O)c1ccccc1F)c1ccc(Cl)cc1. The summed E-state index contributed by atoms with van der Waals surface area (Å²) in [5.41, 5.74) is 0.662. The van der Waals surface area contributed by atoms with Gasteiger partial charge in [0, 0.05) is 30.7 Å². The van der Waals surface area contributed by atoms with E-state index in [1.54, 1.807) is 30.3 Å². The lowest BCUT2D eigenvalue weighted by atomic mass is 10.2. The average molecular weight is 335 g/mol. The molecule has 4 nitrogen and oxygen atoms in total. The van der Waals surface area contributed by atoms with Gasteiger partial charge in [0.15, 0.2) is 0 Å². The maximum absolute atomic E-state index is 13.5. The number of carbonyl (C=O) groups is 2. The minimum Gasteiger partial charge on any atom is -0.350 e. The van der Waals surface area contributed by atoms with Crippen LogP contribution < -0.4 is 10.2 Å². The third-order valence-electron chi connectivity index (χ3n) is 3.26. The van der Waals surface area contributed by atoms with Crippen molar-refractivity contribution in [1.29, 1.82) is 0 Å². The molecule has 0 saturated heterocycles. The van der Waals surface area contributed by atoms with Gasteiger partial charge in [0.05, 0.1) is 5.56 Å². The maximum atomic E-state index is 13.5. The van der Waals surface area contributed by atoms with Crippen molar-refractivity contribution in [2.75, 3.05) is 18.0 Å². The van der Waals surface area contributed by atoms with Crippen LogP contribution in [-0.4, -0.2) is 24.9 Å². The molecule has 120 valence electrons. The van der Waals surface area contributed by atoms with E-state index in [2.05, 4.69) is 5.32 Å². The van der Waals surface area contributed by atoms with E-state index in [4.69, 9.17) is 11.6 Å². The molecular weight excluding hydrogens is 319 g/mol. The highest BCUT2D eigenvalue weighted by molar-refractivity contribution is 6.30. The predicted molar refractivity (Wildman–Crippen MR) is 88.2 cm³/mol. The number of amides is 2. The summed E-state index contributed by atoms with van der Waals surface area (Å²) in [5, 5.41) is 3.18. The van der Waals surface area contributed by atoms with E-state index in [9.17, 15) is 14.0 Å². The summed E-state index contributed by atoms with van der Waals surface area (Å²) >= 11 is 5.83. The largest absolute Gasteiger partial charge is 0.350 e. The van der Waals surface area contributed by atoms with Crippen LogP contribution in [0.3, 0.4) is 0 Å². The lowest BCUT2D eigenvalue weighted by Crippen LogP contribution is -2.37. The number of nitrogens with one attached hydrogen (secondary N) is 1. The van der Waals surface area contributed by atoms with Crippen LogP contribution in [0.4, 0.5) is 10.1 Å². The van der Waals surface area contributed by atoms with Gasteiger partial charge < -0.3 is 10.2 Å². The van der Waals surface area contributed by atoms with E-state index in [1.165, 1.54) is 30.0 Å². The van der Waals surface area contributed by atoms with Gasteiger partial charge in [0.25, 0.3) is 5.91 Å². The van der Waals surface area contributed by atoms with E-state index in [0.717, 1.165) is 0 Å². The molecule has 0 unspecified atom stereocenters. The summed E-state index contributed by atoms with van der Waals surface area (Å²) in [5.74, 6) is -1.25. The number of rotatable bonds is 5. The first-order valence-corrected chi connectivity index (χ1v) is 7.43. The quantitative estimate of drug-likeness (QED) is 0.912. The van der Waals surface area contributed by atoms with Crippen LogP contribution in [0.5, 0.6) is 0 Å². The van der Waals surface area contributed by atoms with Gasteiger partial charge in [-0.15, -0.1) is 0 Å². The van der Waals surface area contributed by atoms with Crippen molar-refractivity contribution in [2.24, 2.45) is 0 Å². The summed E-state index contributed by atoms with van der Waals surface area (Å²) in [7, 11) is 0. The number of carbonyl (C=O) groups excluding carboxylic acids is 2. The number of anilines is 1. The Bertz CT molecular complexity index is 704. The Morgan fingerprint density at radius 2 is 1.78 bits per heavy atom. The second kappa shape index (κ2) is 7.74. The fourth-order valence-corrected chi connectivity index (χ4v) is 2.24. The molecule has 0 atom stereocenters. The van der Waals surface area contributed by atoms with Gasteiger partial charge in [-0.3, -0.25) is 9.59 Å². The molecule has 2 aromatic rings. The van der Waals surface area contributed by atoms with E-state index in [0.29, 0.717) is 10.7 Å². The Hall–Kier alpha value is -2.40. The summed E-state index contributed by atoms with van der Waals surface area (Å²) in [6, 6.07) is 12.6. The molecule has 2 rings (SSSR count). The maximum Gasteiger partial charge on any atom is 0.254 e. The third-order valence-corrected chi connectivity index (χ3v) is 3.51. The molecule has 6 heteroatoms. The minimum atomic E-state index is -0.578. The molecule has 0 heterocycles. The molecule has 0 aliphatic rings. The van der Waals surface area contributed by atoms with E-state index in [1.807, 2.05) is 0 Å². The van der Waals surface area contributed by atoms with Gasteiger partial charge in [-0.2, -0.15) is 0 Å². The molecule has 0 radical (unpaired) electrons. The molecule has 0 aliphatic carbocycles. The zero-order valence-electron chi connectivity index (χ0n) is 12.6. The third kappa shape index (κ3) is 4.53. The number of hydrogen-bond donors (Lipinski definition) is 1. The van der Waals surface area contributed by atoms with Crippen LogP contribution in [0.25, 0.3) is 0 Å². The molecular formula is C17H16ClFN2O2. The second-order valence-corrected chi connectivity index (χ2v) is 5.32. The summed E-state index contributed by atoms with van der Waals surface area (Å²) in [6.45, 7) is 1.92. The molecule has 2 aromatic carbocycles. The van der Waals surface area contributed by atoms with Gasteiger partial charge in [0.1, 0.15) is 5.82 Å². The van der Waals surface area contributed by atoms with Crippen molar-refractivity contribution in [3.8, 4) is 0 Å². The first-order chi connectivity index (χ1) is 11.0. The van der Waals surface area contributed by atoms with Crippen LogP contribution in [0.2, 0.25) is 5.02 Å². The topological polar surface area (TPSA) is 49.4 Å². The smallest absolute Gasteiger partial charge is 0.254 e. The zero-order chi connectivity index (χ0) is 16.8. The highest BCUT2D eigenvalue weighted by Gasteiger charge is 2.13. The van der Waals surface area contributed by atoms with E-state index < -0.39 is 11.7 Å². The fourth-order valence-electron chi connectivity index (χ4n) is 2.11. The molecule has 0 aliphatic heterocycles.